The first kappa shape index (κ1) is 14.6. The number of para-hydroxylation sites is 1. The first-order valence-electron chi connectivity index (χ1n) is 8.11. The Balaban J connectivity index is 1.65. The summed E-state index contributed by atoms with van der Waals surface area (Å²) in [6, 6.07) is 10.5. The lowest BCUT2D eigenvalue weighted by Gasteiger charge is -2.28. The van der Waals surface area contributed by atoms with Crippen molar-refractivity contribution in [3.8, 4) is 0 Å². The average Bonchev–Trinajstić information content (AvgIpc) is 2.73. The van der Waals surface area contributed by atoms with Crippen LogP contribution in [-0.4, -0.2) is 29.6 Å². The molecule has 1 fully saturated rings. The van der Waals surface area contributed by atoms with Crippen LogP contribution in [0.2, 0.25) is 0 Å². The molecule has 1 N–H and O–H groups in total. The highest BCUT2D eigenvalue weighted by molar-refractivity contribution is 5.77. The second-order valence-corrected chi connectivity index (χ2v) is 6.29. The van der Waals surface area contributed by atoms with Gasteiger partial charge >= 0.3 is 0 Å². The fraction of sp³-hybridized carbons (Fsp3) is 0.556. The maximum Gasteiger partial charge on any atom is 0.135 e. The zero-order chi connectivity index (χ0) is 14.7. The van der Waals surface area contributed by atoms with Gasteiger partial charge < -0.3 is 14.4 Å². The Morgan fingerprint density at radius 2 is 1.90 bits per heavy atom. The smallest absolute Gasteiger partial charge is 0.135 e. The predicted molar refractivity (Wildman–Crippen MR) is 85.3 cm³/mol. The number of hydrogen-bond donors (Lipinski definition) is 1. The van der Waals surface area contributed by atoms with Crippen LogP contribution < -0.4 is 0 Å². The molecule has 0 spiro atoms. The molecule has 3 nitrogen and oxygen atoms in total. The summed E-state index contributed by atoms with van der Waals surface area (Å²) in [5.41, 5.74) is 0.851. The number of benzene rings is 1. The number of rotatable bonds is 4. The van der Waals surface area contributed by atoms with E-state index < -0.39 is 6.10 Å². The minimum atomic E-state index is -0.550. The lowest BCUT2D eigenvalue weighted by molar-refractivity contribution is 0.0843. The van der Waals surface area contributed by atoms with Crippen LogP contribution in [0.15, 0.2) is 34.7 Å². The van der Waals surface area contributed by atoms with Gasteiger partial charge in [0, 0.05) is 18.0 Å². The SMILES string of the molecule is CN(CC(O)c1cc2ccccc2o1)C1CCCCCC1. The van der Waals surface area contributed by atoms with Crippen LogP contribution in [0, 0.1) is 0 Å². The van der Waals surface area contributed by atoms with E-state index in [0.29, 0.717) is 18.3 Å². The Labute approximate surface area is 126 Å². The van der Waals surface area contributed by atoms with Crippen molar-refractivity contribution in [1.82, 2.24) is 4.90 Å². The van der Waals surface area contributed by atoms with Crippen LogP contribution in [0.3, 0.4) is 0 Å². The Morgan fingerprint density at radius 3 is 2.62 bits per heavy atom. The van der Waals surface area contributed by atoms with E-state index in [0.717, 1.165) is 11.0 Å². The molecule has 3 heteroatoms. The minimum Gasteiger partial charge on any atom is -0.458 e. The molecule has 1 aromatic heterocycles. The molecule has 1 unspecified atom stereocenters. The van der Waals surface area contributed by atoms with Gasteiger partial charge in [0.25, 0.3) is 0 Å². The Kier molecular flexibility index (Phi) is 4.61. The van der Waals surface area contributed by atoms with Crippen LogP contribution >= 0.6 is 0 Å². The number of furan rings is 1. The minimum absolute atomic E-state index is 0.550. The van der Waals surface area contributed by atoms with Gasteiger partial charge in [-0.15, -0.1) is 0 Å². The molecule has 21 heavy (non-hydrogen) atoms. The van der Waals surface area contributed by atoms with Gasteiger partial charge in [-0.05, 0) is 32.0 Å². The van der Waals surface area contributed by atoms with Crippen LogP contribution in [0.4, 0.5) is 0 Å². The van der Waals surface area contributed by atoms with E-state index >= 15 is 0 Å². The van der Waals surface area contributed by atoms with E-state index in [4.69, 9.17) is 4.42 Å². The Hall–Kier alpha value is -1.32. The van der Waals surface area contributed by atoms with E-state index in [1.807, 2.05) is 30.3 Å². The van der Waals surface area contributed by atoms with Crippen LogP contribution in [0.25, 0.3) is 11.0 Å². The number of hydrogen-bond acceptors (Lipinski definition) is 3. The van der Waals surface area contributed by atoms with Crippen molar-refractivity contribution in [3.05, 3.63) is 36.1 Å². The fourth-order valence-electron chi connectivity index (χ4n) is 3.38. The summed E-state index contributed by atoms with van der Waals surface area (Å²) in [6.45, 7) is 0.643. The first-order valence-corrected chi connectivity index (χ1v) is 8.11. The third-order valence-corrected chi connectivity index (χ3v) is 4.68. The zero-order valence-electron chi connectivity index (χ0n) is 12.8. The Bertz CT molecular complexity index is 536. The lowest BCUT2D eigenvalue weighted by atomic mass is 10.1. The highest BCUT2D eigenvalue weighted by atomic mass is 16.4. The molecule has 1 aliphatic carbocycles. The van der Waals surface area contributed by atoms with E-state index in [-0.39, 0.29) is 0 Å². The van der Waals surface area contributed by atoms with Crippen molar-refractivity contribution in [2.75, 3.05) is 13.6 Å². The Morgan fingerprint density at radius 1 is 1.19 bits per heavy atom. The monoisotopic (exact) mass is 287 g/mol. The van der Waals surface area contributed by atoms with Crippen molar-refractivity contribution in [2.24, 2.45) is 0 Å². The normalized spacial score (nSPS) is 19.0. The summed E-state index contributed by atoms with van der Waals surface area (Å²) < 4.78 is 5.77. The van der Waals surface area contributed by atoms with Gasteiger partial charge in [-0.2, -0.15) is 0 Å². The van der Waals surface area contributed by atoms with Crippen molar-refractivity contribution in [1.29, 1.82) is 0 Å². The number of aliphatic hydroxyl groups excluding tert-OH is 1. The second-order valence-electron chi connectivity index (χ2n) is 6.29. The molecule has 0 bridgehead atoms. The molecule has 0 amide bonds. The van der Waals surface area contributed by atoms with Crippen LogP contribution in [0.1, 0.15) is 50.4 Å². The number of likely N-dealkylation sites (N-methyl/N-ethyl adjacent to an activating group) is 1. The third kappa shape index (κ3) is 3.47. The largest absolute Gasteiger partial charge is 0.458 e. The molecule has 0 radical (unpaired) electrons. The molecule has 0 aliphatic heterocycles. The highest BCUT2D eigenvalue weighted by Crippen LogP contribution is 2.26. The summed E-state index contributed by atoms with van der Waals surface area (Å²) in [7, 11) is 2.13. The van der Waals surface area contributed by atoms with Crippen LogP contribution in [0.5, 0.6) is 0 Å². The van der Waals surface area contributed by atoms with Gasteiger partial charge in [0.15, 0.2) is 0 Å². The van der Waals surface area contributed by atoms with Crippen molar-refractivity contribution in [2.45, 2.75) is 50.7 Å². The summed E-state index contributed by atoms with van der Waals surface area (Å²) in [4.78, 5) is 2.31. The third-order valence-electron chi connectivity index (χ3n) is 4.68. The van der Waals surface area contributed by atoms with Crippen molar-refractivity contribution in [3.63, 3.8) is 0 Å². The fourth-order valence-corrected chi connectivity index (χ4v) is 3.38. The van der Waals surface area contributed by atoms with Gasteiger partial charge in [-0.1, -0.05) is 43.9 Å². The summed E-state index contributed by atoms with van der Waals surface area (Å²) in [5, 5.41) is 11.5. The van der Waals surface area contributed by atoms with Gasteiger partial charge in [-0.25, -0.2) is 0 Å². The van der Waals surface area contributed by atoms with E-state index in [2.05, 4.69) is 11.9 Å². The average molecular weight is 287 g/mol. The van der Waals surface area contributed by atoms with E-state index in [1.165, 1.54) is 38.5 Å². The maximum absolute atomic E-state index is 10.5. The van der Waals surface area contributed by atoms with Crippen molar-refractivity contribution < 1.29 is 9.52 Å². The van der Waals surface area contributed by atoms with Crippen molar-refractivity contribution >= 4 is 11.0 Å². The molecule has 2 aromatic rings. The lowest BCUT2D eigenvalue weighted by Crippen LogP contribution is -2.34. The first-order chi connectivity index (χ1) is 10.2. The zero-order valence-corrected chi connectivity index (χ0v) is 12.8. The molecule has 114 valence electrons. The molecular weight excluding hydrogens is 262 g/mol. The molecule has 1 saturated carbocycles. The van der Waals surface area contributed by atoms with Gasteiger partial charge in [0.05, 0.1) is 0 Å². The molecule has 0 saturated heterocycles. The maximum atomic E-state index is 10.5. The molecule has 1 aliphatic rings. The molecule has 1 aromatic carbocycles. The van der Waals surface area contributed by atoms with Gasteiger partial charge in [-0.3, -0.25) is 0 Å². The van der Waals surface area contributed by atoms with Gasteiger partial charge in [0.1, 0.15) is 17.4 Å². The van der Waals surface area contributed by atoms with E-state index in [1.54, 1.807) is 0 Å². The quantitative estimate of drug-likeness (QED) is 0.859. The summed E-state index contributed by atoms with van der Waals surface area (Å²) in [6.07, 6.45) is 7.30. The van der Waals surface area contributed by atoms with Crippen LogP contribution in [-0.2, 0) is 0 Å². The van der Waals surface area contributed by atoms with Gasteiger partial charge in [0.2, 0.25) is 0 Å². The second kappa shape index (κ2) is 6.63. The predicted octanol–water partition coefficient (Wildman–Crippen LogP) is 4.12. The number of fused-ring (bicyclic) bond motifs is 1. The summed E-state index contributed by atoms with van der Waals surface area (Å²) >= 11 is 0. The molecular formula is C18H25NO2. The topological polar surface area (TPSA) is 36.6 Å². The molecule has 1 heterocycles. The number of aliphatic hydroxyl groups is 1. The highest BCUT2D eigenvalue weighted by Gasteiger charge is 2.21. The molecule has 3 rings (SSSR count). The standard InChI is InChI=1S/C18H25NO2/c1-19(15-9-4-2-3-5-10-15)13-16(20)18-12-14-8-6-7-11-17(14)21-18/h6-8,11-12,15-16,20H,2-5,9-10,13H2,1H3. The molecule has 1 atom stereocenters. The number of nitrogens with zero attached hydrogens (tertiary/aromatic N) is 1. The summed E-state index contributed by atoms with van der Waals surface area (Å²) in [5.74, 6) is 0.677. The van der Waals surface area contributed by atoms with E-state index in [9.17, 15) is 5.11 Å².